The number of ketones is 1. The van der Waals surface area contributed by atoms with E-state index in [2.05, 4.69) is 5.32 Å². The molecule has 0 aliphatic rings. The molecule has 0 aliphatic carbocycles. The van der Waals surface area contributed by atoms with Crippen molar-refractivity contribution < 1.29 is 15.0 Å². The third-order valence-corrected chi connectivity index (χ3v) is 4.01. The quantitative estimate of drug-likeness (QED) is 0.687. The minimum atomic E-state index is -0.624. The van der Waals surface area contributed by atoms with Gasteiger partial charge in [-0.15, -0.1) is 0 Å². The number of aromatic nitrogens is 1. The Kier molecular flexibility index (Phi) is 5.57. The average Bonchev–Trinajstić information content (AvgIpc) is 2.59. The second kappa shape index (κ2) is 7.64. The van der Waals surface area contributed by atoms with Gasteiger partial charge in [0.05, 0.1) is 13.2 Å². The van der Waals surface area contributed by atoms with Gasteiger partial charge in [0.15, 0.2) is 11.7 Å². The van der Waals surface area contributed by atoms with E-state index < -0.39 is 5.56 Å². The number of Topliss-reactive ketones (excluding diaryl/α,β-unsaturated/α-hetero) is 1. The Morgan fingerprint density at radius 3 is 2.48 bits per heavy atom. The third kappa shape index (κ3) is 3.70. The molecule has 0 atom stereocenters. The zero-order valence-corrected chi connectivity index (χ0v) is 14.0. The number of anilines is 1. The Balaban J connectivity index is 2.36. The molecule has 0 unspecified atom stereocenters. The van der Waals surface area contributed by atoms with Gasteiger partial charge in [-0.2, -0.15) is 5.26 Å². The van der Waals surface area contributed by atoms with Gasteiger partial charge in [-0.1, -0.05) is 0 Å². The van der Waals surface area contributed by atoms with E-state index in [0.717, 1.165) is 10.3 Å². The Morgan fingerprint density at radius 1 is 1.32 bits per heavy atom. The number of aliphatic hydroxyl groups excluding tert-OH is 1. The molecule has 0 amide bonds. The maximum absolute atomic E-state index is 12.2. The number of nitriles is 1. The standard InChI is InChI=1S/C18H19N3O4/c1-11-15(9-19)17(24)21(7-8-22)18(25)16(11)10-20-14-5-3-13(4-6-14)12(2)23/h3-6,20,22,25H,7-8,10H2,1-2H3. The van der Waals surface area contributed by atoms with Gasteiger partial charge in [-0.3, -0.25) is 14.2 Å². The second-order valence-corrected chi connectivity index (χ2v) is 5.58. The Morgan fingerprint density at radius 2 is 1.96 bits per heavy atom. The first kappa shape index (κ1) is 18.2. The van der Waals surface area contributed by atoms with Crippen LogP contribution in [0.25, 0.3) is 0 Å². The van der Waals surface area contributed by atoms with Crippen LogP contribution in [0.3, 0.4) is 0 Å². The van der Waals surface area contributed by atoms with Gasteiger partial charge in [0, 0.05) is 23.4 Å². The lowest BCUT2D eigenvalue weighted by Crippen LogP contribution is -2.27. The monoisotopic (exact) mass is 341 g/mol. The molecule has 25 heavy (non-hydrogen) atoms. The molecule has 0 bridgehead atoms. The van der Waals surface area contributed by atoms with Crippen LogP contribution in [-0.4, -0.2) is 27.2 Å². The molecule has 0 saturated heterocycles. The largest absolute Gasteiger partial charge is 0.494 e. The number of carbonyl (C=O) groups excluding carboxylic acids is 1. The van der Waals surface area contributed by atoms with Crippen LogP contribution in [0.4, 0.5) is 5.69 Å². The number of rotatable bonds is 6. The highest BCUT2D eigenvalue weighted by atomic mass is 16.3. The molecule has 130 valence electrons. The molecule has 2 aromatic rings. The van der Waals surface area contributed by atoms with E-state index in [1.54, 1.807) is 31.2 Å². The highest BCUT2D eigenvalue weighted by molar-refractivity contribution is 5.94. The fourth-order valence-electron chi connectivity index (χ4n) is 2.54. The van der Waals surface area contributed by atoms with E-state index in [9.17, 15) is 20.0 Å². The normalized spacial score (nSPS) is 10.3. The summed E-state index contributed by atoms with van der Waals surface area (Å²) in [7, 11) is 0. The number of carbonyl (C=O) groups is 1. The van der Waals surface area contributed by atoms with Gasteiger partial charge < -0.3 is 15.5 Å². The first-order valence-corrected chi connectivity index (χ1v) is 7.71. The molecular formula is C18H19N3O4. The van der Waals surface area contributed by atoms with Gasteiger partial charge in [-0.05, 0) is 43.7 Å². The fraction of sp³-hybridized carbons (Fsp3) is 0.278. The predicted octanol–water partition coefficient (Wildman–Crippen LogP) is 1.54. The van der Waals surface area contributed by atoms with Crippen LogP contribution < -0.4 is 10.9 Å². The molecule has 1 aromatic carbocycles. The van der Waals surface area contributed by atoms with Crippen molar-refractivity contribution in [2.24, 2.45) is 0 Å². The molecule has 7 nitrogen and oxygen atoms in total. The van der Waals surface area contributed by atoms with Crippen molar-refractivity contribution in [2.75, 3.05) is 11.9 Å². The topological polar surface area (TPSA) is 115 Å². The molecule has 1 aromatic heterocycles. The number of aromatic hydroxyl groups is 1. The van der Waals surface area contributed by atoms with Crippen LogP contribution in [0, 0.1) is 18.3 Å². The Hall–Kier alpha value is -3.11. The van der Waals surface area contributed by atoms with Crippen molar-refractivity contribution in [1.29, 1.82) is 5.26 Å². The van der Waals surface area contributed by atoms with Crippen molar-refractivity contribution in [2.45, 2.75) is 26.9 Å². The van der Waals surface area contributed by atoms with Crippen molar-refractivity contribution in [3.8, 4) is 11.9 Å². The summed E-state index contributed by atoms with van der Waals surface area (Å²) in [4.78, 5) is 23.5. The lowest BCUT2D eigenvalue weighted by atomic mass is 10.0. The minimum Gasteiger partial charge on any atom is -0.494 e. The molecular weight excluding hydrogens is 322 g/mol. The summed E-state index contributed by atoms with van der Waals surface area (Å²) < 4.78 is 0.988. The van der Waals surface area contributed by atoms with Crippen LogP contribution in [0.1, 0.15) is 34.0 Å². The van der Waals surface area contributed by atoms with E-state index in [1.807, 2.05) is 6.07 Å². The lowest BCUT2D eigenvalue weighted by Gasteiger charge is -2.16. The van der Waals surface area contributed by atoms with Gasteiger partial charge in [-0.25, -0.2) is 0 Å². The van der Waals surface area contributed by atoms with E-state index in [-0.39, 0.29) is 36.9 Å². The zero-order chi connectivity index (χ0) is 18.6. The Labute approximate surface area is 144 Å². The molecule has 0 radical (unpaired) electrons. The van der Waals surface area contributed by atoms with Gasteiger partial charge in [0.2, 0.25) is 0 Å². The number of benzene rings is 1. The Bertz CT molecular complexity index is 893. The average molecular weight is 341 g/mol. The first-order valence-electron chi connectivity index (χ1n) is 7.71. The number of aliphatic hydroxyl groups is 1. The predicted molar refractivity (Wildman–Crippen MR) is 92.7 cm³/mol. The number of nitrogens with one attached hydrogen (secondary N) is 1. The van der Waals surface area contributed by atoms with E-state index in [1.165, 1.54) is 6.92 Å². The SMILES string of the molecule is CC(=O)c1ccc(NCc2c(C)c(C#N)c(=O)n(CCO)c2O)cc1. The summed E-state index contributed by atoms with van der Waals surface area (Å²) in [6, 6.07) is 8.70. The van der Waals surface area contributed by atoms with Crippen molar-refractivity contribution >= 4 is 11.5 Å². The summed E-state index contributed by atoms with van der Waals surface area (Å²) in [6.07, 6.45) is 0. The van der Waals surface area contributed by atoms with E-state index >= 15 is 0 Å². The minimum absolute atomic E-state index is 0.0326. The number of nitrogens with zero attached hydrogens (tertiary/aromatic N) is 2. The van der Waals surface area contributed by atoms with Crippen LogP contribution >= 0.6 is 0 Å². The number of pyridine rings is 1. The molecule has 7 heteroatoms. The van der Waals surface area contributed by atoms with Gasteiger partial charge in [0.25, 0.3) is 5.56 Å². The summed E-state index contributed by atoms with van der Waals surface area (Å²) >= 11 is 0. The third-order valence-electron chi connectivity index (χ3n) is 4.01. The summed E-state index contributed by atoms with van der Waals surface area (Å²) in [5.74, 6) is -0.307. The van der Waals surface area contributed by atoms with E-state index in [0.29, 0.717) is 16.7 Å². The molecule has 2 rings (SSSR count). The van der Waals surface area contributed by atoms with Crippen LogP contribution in [0.15, 0.2) is 29.1 Å². The van der Waals surface area contributed by atoms with Crippen molar-refractivity contribution in [3.05, 3.63) is 56.9 Å². The smallest absolute Gasteiger partial charge is 0.271 e. The lowest BCUT2D eigenvalue weighted by molar-refractivity contribution is 0.101. The molecule has 0 saturated carbocycles. The van der Waals surface area contributed by atoms with Crippen molar-refractivity contribution in [3.63, 3.8) is 0 Å². The molecule has 0 spiro atoms. The van der Waals surface area contributed by atoms with Crippen molar-refractivity contribution in [1.82, 2.24) is 4.57 Å². The highest BCUT2D eigenvalue weighted by Gasteiger charge is 2.18. The highest BCUT2D eigenvalue weighted by Crippen LogP contribution is 2.23. The van der Waals surface area contributed by atoms with E-state index in [4.69, 9.17) is 5.11 Å². The molecule has 0 aliphatic heterocycles. The summed E-state index contributed by atoms with van der Waals surface area (Å²) in [5, 5.41) is 31.7. The second-order valence-electron chi connectivity index (χ2n) is 5.58. The maximum atomic E-state index is 12.2. The zero-order valence-electron chi connectivity index (χ0n) is 14.0. The number of hydrogen-bond donors (Lipinski definition) is 3. The number of hydrogen-bond acceptors (Lipinski definition) is 6. The van der Waals surface area contributed by atoms with Gasteiger partial charge >= 0.3 is 0 Å². The maximum Gasteiger partial charge on any atom is 0.271 e. The van der Waals surface area contributed by atoms with Crippen LogP contribution in [-0.2, 0) is 13.1 Å². The summed E-state index contributed by atoms with van der Waals surface area (Å²) in [5.41, 5.74) is 1.43. The van der Waals surface area contributed by atoms with Crippen LogP contribution in [0.2, 0.25) is 0 Å². The summed E-state index contributed by atoms with van der Waals surface area (Å²) in [6.45, 7) is 2.83. The molecule has 1 heterocycles. The molecule has 0 fully saturated rings. The first-order chi connectivity index (χ1) is 11.9. The molecule has 3 N–H and O–H groups in total. The van der Waals surface area contributed by atoms with Crippen LogP contribution in [0.5, 0.6) is 5.88 Å². The van der Waals surface area contributed by atoms with Gasteiger partial charge in [0.1, 0.15) is 11.6 Å². The fourth-order valence-corrected chi connectivity index (χ4v) is 2.54.